The predicted molar refractivity (Wildman–Crippen MR) is 121 cm³/mol. The van der Waals surface area contributed by atoms with Crippen molar-refractivity contribution in [3.8, 4) is 0 Å². The second-order valence-corrected chi connectivity index (χ2v) is 9.50. The van der Waals surface area contributed by atoms with Crippen LogP contribution in [0.15, 0.2) is 29.3 Å². The molecule has 0 spiro atoms. The molecule has 2 aliphatic rings. The molecule has 1 aromatic rings. The number of hydrogen-bond donors (Lipinski definition) is 2. The van der Waals surface area contributed by atoms with Gasteiger partial charge in [-0.15, -0.1) is 24.0 Å². The Labute approximate surface area is 180 Å². The third-order valence-electron chi connectivity index (χ3n) is 5.20. The van der Waals surface area contributed by atoms with Gasteiger partial charge in [-0.1, -0.05) is 30.7 Å². The van der Waals surface area contributed by atoms with Gasteiger partial charge in [0.25, 0.3) is 0 Å². The lowest BCUT2D eigenvalue weighted by molar-refractivity contribution is 0.220. The van der Waals surface area contributed by atoms with Crippen LogP contribution in [-0.2, 0) is 22.9 Å². The fraction of sp³-hybridized carbons (Fsp3) is 0.632. The average molecular weight is 506 g/mol. The Morgan fingerprint density at radius 2 is 1.89 bits per heavy atom. The number of guanidine groups is 1. The first-order chi connectivity index (χ1) is 12.6. The number of hydrogen-bond acceptors (Lipinski definition) is 4. The summed E-state index contributed by atoms with van der Waals surface area (Å²) in [4.78, 5) is 6.78. The third kappa shape index (κ3) is 6.90. The van der Waals surface area contributed by atoms with Crippen molar-refractivity contribution in [2.75, 3.05) is 31.6 Å². The highest BCUT2D eigenvalue weighted by atomic mass is 127. The number of sulfone groups is 1. The second kappa shape index (κ2) is 10.6. The van der Waals surface area contributed by atoms with Crippen LogP contribution in [0.2, 0.25) is 0 Å². The number of piperidine rings is 1. The van der Waals surface area contributed by atoms with Gasteiger partial charge >= 0.3 is 0 Å². The van der Waals surface area contributed by atoms with E-state index >= 15 is 0 Å². The number of benzene rings is 1. The summed E-state index contributed by atoms with van der Waals surface area (Å²) in [5.74, 6) is 1.12. The largest absolute Gasteiger partial charge is 0.353 e. The highest BCUT2D eigenvalue weighted by Crippen LogP contribution is 2.16. The van der Waals surface area contributed by atoms with Crippen LogP contribution in [0.4, 0.5) is 0 Å². The maximum absolute atomic E-state index is 11.6. The second-order valence-electron chi connectivity index (χ2n) is 7.28. The number of nitrogens with one attached hydrogen (secondary N) is 2. The Bertz CT molecular complexity index is 733. The van der Waals surface area contributed by atoms with Crippen molar-refractivity contribution in [1.82, 2.24) is 15.5 Å². The molecule has 1 aromatic carbocycles. The van der Waals surface area contributed by atoms with E-state index in [0.717, 1.165) is 6.54 Å². The number of rotatable bonds is 5. The number of aliphatic imine (C=N–C) groups is 1. The van der Waals surface area contributed by atoms with E-state index in [4.69, 9.17) is 0 Å². The average Bonchev–Trinajstić information content (AvgIpc) is 2.99. The van der Waals surface area contributed by atoms with Crippen molar-refractivity contribution in [2.45, 2.75) is 44.8 Å². The van der Waals surface area contributed by atoms with E-state index in [1.807, 2.05) is 0 Å². The SMILES string of the molecule is CN=C(NCc1ccccc1CN1CCCCC1)NC1CCS(=O)(=O)C1.I. The highest BCUT2D eigenvalue weighted by Gasteiger charge is 2.28. The van der Waals surface area contributed by atoms with Crippen molar-refractivity contribution in [3.63, 3.8) is 0 Å². The monoisotopic (exact) mass is 506 g/mol. The fourth-order valence-electron chi connectivity index (χ4n) is 3.72. The van der Waals surface area contributed by atoms with Gasteiger partial charge in [0.15, 0.2) is 15.8 Å². The highest BCUT2D eigenvalue weighted by molar-refractivity contribution is 14.0. The van der Waals surface area contributed by atoms with Crippen molar-refractivity contribution in [3.05, 3.63) is 35.4 Å². The van der Waals surface area contributed by atoms with Gasteiger partial charge in [0.05, 0.1) is 11.5 Å². The first-order valence-corrected chi connectivity index (χ1v) is 11.3. The summed E-state index contributed by atoms with van der Waals surface area (Å²) < 4.78 is 23.2. The maximum atomic E-state index is 11.6. The van der Waals surface area contributed by atoms with Crippen LogP contribution >= 0.6 is 24.0 Å². The van der Waals surface area contributed by atoms with E-state index in [1.165, 1.54) is 43.5 Å². The zero-order valence-corrected chi connectivity index (χ0v) is 19.1. The molecule has 2 aliphatic heterocycles. The summed E-state index contributed by atoms with van der Waals surface area (Å²) in [6.45, 7) is 4.04. The Balaban J connectivity index is 0.00000261. The van der Waals surface area contributed by atoms with Gasteiger partial charge in [-0.2, -0.15) is 0 Å². The van der Waals surface area contributed by atoms with E-state index in [1.54, 1.807) is 7.05 Å². The van der Waals surface area contributed by atoms with Crippen molar-refractivity contribution in [2.24, 2.45) is 4.99 Å². The molecule has 0 amide bonds. The predicted octanol–water partition coefficient (Wildman–Crippen LogP) is 2.14. The van der Waals surface area contributed by atoms with E-state index in [9.17, 15) is 8.42 Å². The molecule has 152 valence electrons. The van der Waals surface area contributed by atoms with Crippen molar-refractivity contribution >= 4 is 39.8 Å². The Morgan fingerprint density at radius 1 is 1.19 bits per heavy atom. The molecule has 27 heavy (non-hydrogen) atoms. The molecule has 2 heterocycles. The van der Waals surface area contributed by atoms with Gasteiger partial charge in [0, 0.05) is 26.2 Å². The van der Waals surface area contributed by atoms with E-state index in [0.29, 0.717) is 18.9 Å². The molecular weight excluding hydrogens is 475 g/mol. The van der Waals surface area contributed by atoms with Gasteiger partial charge in [0.1, 0.15) is 0 Å². The van der Waals surface area contributed by atoms with Crippen LogP contribution in [-0.4, -0.2) is 57.0 Å². The minimum atomic E-state index is -2.89. The topological polar surface area (TPSA) is 73.8 Å². The molecule has 6 nitrogen and oxygen atoms in total. The van der Waals surface area contributed by atoms with E-state index in [-0.39, 0.29) is 41.5 Å². The smallest absolute Gasteiger partial charge is 0.191 e. The molecule has 0 aromatic heterocycles. The minimum Gasteiger partial charge on any atom is -0.353 e. The molecule has 0 bridgehead atoms. The molecular formula is C19H31IN4O2S. The van der Waals surface area contributed by atoms with Gasteiger partial charge in [-0.05, 0) is 43.5 Å². The lowest BCUT2D eigenvalue weighted by atomic mass is 10.0. The molecule has 8 heteroatoms. The van der Waals surface area contributed by atoms with Gasteiger partial charge in [0.2, 0.25) is 0 Å². The standard InChI is InChI=1S/C19H30N4O2S.HI/c1-20-19(22-18-9-12-26(24,25)15-18)21-13-16-7-3-4-8-17(16)14-23-10-5-2-6-11-23;/h3-4,7-8,18H,2,5-6,9-15H2,1H3,(H2,20,21,22);1H. The first kappa shape index (κ1) is 22.4. The maximum Gasteiger partial charge on any atom is 0.191 e. The molecule has 1 atom stereocenters. The Morgan fingerprint density at radius 3 is 2.52 bits per heavy atom. The summed E-state index contributed by atoms with van der Waals surface area (Å²) >= 11 is 0. The summed E-state index contributed by atoms with van der Waals surface area (Å²) in [5.41, 5.74) is 2.61. The molecule has 2 N–H and O–H groups in total. The van der Waals surface area contributed by atoms with Crippen LogP contribution < -0.4 is 10.6 Å². The molecule has 3 rings (SSSR count). The lowest BCUT2D eigenvalue weighted by Crippen LogP contribution is -2.43. The number of nitrogens with zero attached hydrogens (tertiary/aromatic N) is 2. The summed E-state index contributed by atoms with van der Waals surface area (Å²) in [5, 5.41) is 6.58. The molecule has 2 fully saturated rings. The van der Waals surface area contributed by atoms with Crippen LogP contribution in [0, 0.1) is 0 Å². The minimum absolute atomic E-state index is 0. The number of likely N-dealkylation sites (tertiary alicyclic amines) is 1. The van der Waals surface area contributed by atoms with Crippen LogP contribution in [0.5, 0.6) is 0 Å². The molecule has 0 radical (unpaired) electrons. The summed E-state index contributed by atoms with van der Waals surface area (Å²) in [6.07, 6.45) is 4.58. The zero-order valence-electron chi connectivity index (χ0n) is 16.0. The molecule has 0 aliphatic carbocycles. The quantitative estimate of drug-likeness (QED) is 0.364. The fourth-order valence-corrected chi connectivity index (χ4v) is 5.39. The van der Waals surface area contributed by atoms with E-state index in [2.05, 4.69) is 44.8 Å². The van der Waals surface area contributed by atoms with Gasteiger partial charge in [-0.25, -0.2) is 8.42 Å². The van der Waals surface area contributed by atoms with Crippen molar-refractivity contribution < 1.29 is 8.42 Å². The molecule has 2 saturated heterocycles. The zero-order chi connectivity index (χ0) is 18.4. The lowest BCUT2D eigenvalue weighted by Gasteiger charge is -2.27. The normalized spacial score (nSPS) is 22.9. The summed E-state index contributed by atoms with van der Waals surface area (Å²) in [6, 6.07) is 8.47. The molecule has 1 unspecified atom stereocenters. The van der Waals surface area contributed by atoms with Crippen LogP contribution in [0.3, 0.4) is 0 Å². The third-order valence-corrected chi connectivity index (χ3v) is 6.97. The summed E-state index contributed by atoms with van der Waals surface area (Å²) in [7, 11) is -1.17. The van der Waals surface area contributed by atoms with Gasteiger partial charge in [-0.3, -0.25) is 9.89 Å². The molecule has 0 saturated carbocycles. The Kier molecular flexibility index (Phi) is 8.81. The van der Waals surface area contributed by atoms with Gasteiger partial charge < -0.3 is 10.6 Å². The van der Waals surface area contributed by atoms with Crippen molar-refractivity contribution in [1.29, 1.82) is 0 Å². The Hall–Kier alpha value is -0.870. The van der Waals surface area contributed by atoms with Crippen LogP contribution in [0.1, 0.15) is 36.8 Å². The van der Waals surface area contributed by atoms with Crippen LogP contribution in [0.25, 0.3) is 0 Å². The number of halogens is 1. The van der Waals surface area contributed by atoms with E-state index < -0.39 is 9.84 Å². The first-order valence-electron chi connectivity index (χ1n) is 9.52.